The molecule has 2 heterocycles. The van der Waals surface area contributed by atoms with E-state index in [1.54, 1.807) is 7.11 Å². The number of carbonyl (C=O) groups excluding carboxylic acids is 2. The smallest absolute Gasteiger partial charge is 0.269 e. The van der Waals surface area contributed by atoms with Crippen LogP contribution in [0.3, 0.4) is 0 Å². The summed E-state index contributed by atoms with van der Waals surface area (Å²) in [7, 11) is 1.70. The molecule has 4 rings (SSSR count). The molecule has 2 aliphatic heterocycles. The van der Waals surface area contributed by atoms with Crippen LogP contribution in [0.1, 0.15) is 57.8 Å². The van der Waals surface area contributed by atoms with Crippen LogP contribution in [0.4, 0.5) is 0 Å². The third-order valence-corrected chi connectivity index (χ3v) is 6.21. The van der Waals surface area contributed by atoms with Crippen LogP contribution in [-0.4, -0.2) is 59.9 Å². The van der Waals surface area contributed by atoms with Crippen LogP contribution in [-0.2, 0) is 19.2 Å². The van der Waals surface area contributed by atoms with Gasteiger partial charge >= 0.3 is 0 Å². The summed E-state index contributed by atoms with van der Waals surface area (Å²) in [6.07, 6.45) is 7.69. The molecule has 0 aromatic carbocycles. The highest BCUT2D eigenvalue weighted by molar-refractivity contribution is 6.39. The van der Waals surface area contributed by atoms with Gasteiger partial charge < -0.3 is 19.8 Å². The van der Waals surface area contributed by atoms with Gasteiger partial charge in [0, 0.05) is 45.5 Å². The molecule has 138 valence electrons. The van der Waals surface area contributed by atoms with Crippen LogP contribution in [0.5, 0.6) is 0 Å². The molecule has 1 saturated heterocycles. The Morgan fingerprint density at radius 3 is 2.56 bits per heavy atom. The predicted octanol–water partition coefficient (Wildman–Crippen LogP) is 1.36. The van der Waals surface area contributed by atoms with E-state index >= 15 is 0 Å². The number of likely N-dealkylation sites (tertiary alicyclic amines) is 1. The maximum Gasteiger partial charge on any atom is 0.269 e. The van der Waals surface area contributed by atoms with Crippen molar-refractivity contribution in [3.63, 3.8) is 0 Å². The summed E-state index contributed by atoms with van der Waals surface area (Å²) in [4.78, 5) is 32.3. The Balaban J connectivity index is 1.27. The molecule has 3 fully saturated rings. The number of hydrogen-bond acceptors (Lipinski definition) is 5. The molecule has 0 atom stereocenters. The fraction of sp³-hybridized carbons (Fsp3) is 0.833. The fourth-order valence-corrected chi connectivity index (χ4v) is 3.98. The lowest BCUT2D eigenvalue weighted by Crippen LogP contribution is -2.50. The largest absolute Gasteiger partial charge is 0.388 e. The molecular weight excluding hydrogens is 322 g/mol. The Labute approximate surface area is 148 Å². The molecule has 2 amide bonds. The van der Waals surface area contributed by atoms with Crippen molar-refractivity contribution in [1.82, 2.24) is 10.2 Å². The molecular formula is C18H27N3O4. The summed E-state index contributed by atoms with van der Waals surface area (Å²) in [5.41, 5.74) is -0.130. The van der Waals surface area contributed by atoms with E-state index in [1.165, 1.54) is 0 Å². The van der Waals surface area contributed by atoms with Crippen LogP contribution in [0.2, 0.25) is 0 Å². The second-order valence-electron chi connectivity index (χ2n) is 8.04. The Morgan fingerprint density at radius 1 is 1.28 bits per heavy atom. The zero-order valence-electron chi connectivity index (χ0n) is 14.9. The minimum atomic E-state index is -0.400. The van der Waals surface area contributed by atoms with E-state index in [4.69, 9.17) is 9.57 Å². The molecule has 0 aromatic rings. The zero-order chi connectivity index (χ0) is 17.5. The highest BCUT2D eigenvalue weighted by atomic mass is 16.7. The van der Waals surface area contributed by atoms with Crippen molar-refractivity contribution < 1.29 is 19.2 Å². The summed E-state index contributed by atoms with van der Waals surface area (Å²) in [6, 6.07) is 0.325. The number of ether oxygens (including phenoxy) is 1. The maximum atomic E-state index is 12.6. The van der Waals surface area contributed by atoms with Crippen LogP contribution in [0, 0.1) is 0 Å². The van der Waals surface area contributed by atoms with Crippen LogP contribution >= 0.6 is 0 Å². The van der Waals surface area contributed by atoms with Crippen LogP contribution < -0.4 is 5.32 Å². The molecule has 2 saturated carbocycles. The summed E-state index contributed by atoms with van der Waals surface area (Å²) in [5, 5.41) is 7.00. The van der Waals surface area contributed by atoms with Gasteiger partial charge in [-0.15, -0.1) is 0 Å². The molecule has 0 radical (unpaired) electrons. The van der Waals surface area contributed by atoms with Crippen molar-refractivity contribution in [2.75, 3.05) is 20.2 Å². The SMILES string of the molecule is COC1(CC(=O)N2CCC3(CC2)CC(C(=O)NC2CC2)=NO3)CCC1. The van der Waals surface area contributed by atoms with E-state index < -0.39 is 5.60 Å². The summed E-state index contributed by atoms with van der Waals surface area (Å²) in [6.45, 7) is 1.32. The van der Waals surface area contributed by atoms with Crippen molar-refractivity contribution >= 4 is 17.5 Å². The average molecular weight is 349 g/mol. The number of hydrogen-bond donors (Lipinski definition) is 1. The van der Waals surface area contributed by atoms with Gasteiger partial charge in [-0.2, -0.15) is 0 Å². The number of carbonyl (C=O) groups is 2. The predicted molar refractivity (Wildman–Crippen MR) is 91.1 cm³/mol. The minimum absolute atomic E-state index is 0.0927. The Hall–Kier alpha value is -1.63. The second kappa shape index (κ2) is 6.27. The average Bonchev–Trinajstić information content (AvgIpc) is 3.30. The number of amides is 2. The summed E-state index contributed by atoms with van der Waals surface area (Å²) in [5.74, 6) is 0.0758. The van der Waals surface area contributed by atoms with E-state index in [0.717, 1.165) is 44.9 Å². The van der Waals surface area contributed by atoms with E-state index in [1.807, 2.05) is 4.90 Å². The first kappa shape index (κ1) is 16.8. The van der Waals surface area contributed by atoms with Crippen molar-refractivity contribution in [2.45, 2.75) is 75.0 Å². The molecule has 1 N–H and O–H groups in total. The van der Waals surface area contributed by atoms with Crippen molar-refractivity contribution in [3.8, 4) is 0 Å². The third kappa shape index (κ3) is 3.38. The standard InChI is InChI=1S/C18H27N3O4/c1-24-17(5-2-6-17)12-15(22)21-9-7-18(8-10-21)11-14(20-25-18)16(23)19-13-3-4-13/h13H,2-12H2,1H3,(H,19,23). The van der Waals surface area contributed by atoms with Gasteiger partial charge in [-0.3, -0.25) is 9.59 Å². The van der Waals surface area contributed by atoms with Gasteiger partial charge in [-0.05, 0) is 32.1 Å². The third-order valence-electron chi connectivity index (χ3n) is 6.21. The Kier molecular flexibility index (Phi) is 4.22. The number of oxime groups is 1. The van der Waals surface area contributed by atoms with Gasteiger partial charge in [-0.1, -0.05) is 5.16 Å². The Bertz CT molecular complexity index is 582. The van der Waals surface area contributed by atoms with Gasteiger partial charge in [0.2, 0.25) is 5.91 Å². The van der Waals surface area contributed by atoms with E-state index in [2.05, 4.69) is 10.5 Å². The topological polar surface area (TPSA) is 80.2 Å². The van der Waals surface area contributed by atoms with Crippen molar-refractivity contribution in [2.24, 2.45) is 5.16 Å². The first-order chi connectivity index (χ1) is 12.0. The van der Waals surface area contributed by atoms with Crippen molar-refractivity contribution in [3.05, 3.63) is 0 Å². The summed E-state index contributed by atoms with van der Waals surface area (Å²) < 4.78 is 5.57. The number of methoxy groups -OCH3 is 1. The molecule has 0 unspecified atom stereocenters. The number of nitrogens with zero attached hydrogens (tertiary/aromatic N) is 2. The van der Waals surface area contributed by atoms with Gasteiger partial charge in [0.05, 0.1) is 12.0 Å². The van der Waals surface area contributed by atoms with E-state index in [9.17, 15) is 9.59 Å². The number of rotatable bonds is 5. The fourth-order valence-electron chi connectivity index (χ4n) is 3.98. The molecule has 2 aliphatic carbocycles. The van der Waals surface area contributed by atoms with E-state index in [0.29, 0.717) is 37.7 Å². The van der Waals surface area contributed by atoms with Gasteiger partial charge in [0.25, 0.3) is 5.91 Å². The summed E-state index contributed by atoms with van der Waals surface area (Å²) >= 11 is 0. The minimum Gasteiger partial charge on any atom is -0.388 e. The first-order valence-electron chi connectivity index (χ1n) is 9.42. The molecule has 25 heavy (non-hydrogen) atoms. The van der Waals surface area contributed by atoms with Gasteiger partial charge in [0.1, 0.15) is 11.3 Å². The maximum absolute atomic E-state index is 12.6. The van der Waals surface area contributed by atoms with Gasteiger partial charge in [0.15, 0.2) is 0 Å². The van der Waals surface area contributed by atoms with Crippen LogP contribution in [0.15, 0.2) is 5.16 Å². The lowest BCUT2D eigenvalue weighted by atomic mass is 9.77. The molecule has 7 nitrogen and oxygen atoms in total. The highest BCUT2D eigenvalue weighted by Crippen LogP contribution is 2.40. The monoisotopic (exact) mass is 349 g/mol. The highest BCUT2D eigenvalue weighted by Gasteiger charge is 2.46. The molecule has 7 heteroatoms. The Morgan fingerprint density at radius 2 is 2.00 bits per heavy atom. The van der Waals surface area contributed by atoms with E-state index in [-0.39, 0.29) is 17.4 Å². The lowest BCUT2D eigenvalue weighted by Gasteiger charge is -2.43. The molecule has 4 aliphatic rings. The molecule has 0 aromatic heterocycles. The van der Waals surface area contributed by atoms with Gasteiger partial charge in [-0.25, -0.2) is 0 Å². The zero-order valence-corrected chi connectivity index (χ0v) is 14.9. The van der Waals surface area contributed by atoms with Crippen molar-refractivity contribution in [1.29, 1.82) is 0 Å². The quantitative estimate of drug-likeness (QED) is 0.813. The number of nitrogens with one attached hydrogen (secondary N) is 1. The van der Waals surface area contributed by atoms with Crippen LogP contribution in [0.25, 0.3) is 0 Å². The first-order valence-corrected chi connectivity index (χ1v) is 9.42. The molecule has 0 bridgehead atoms. The normalized spacial score (nSPS) is 26.6. The molecule has 1 spiro atoms. The second-order valence-corrected chi connectivity index (χ2v) is 8.04. The number of piperidine rings is 1. The lowest BCUT2D eigenvalue weighted by molar-refractivity contribution is -0.148.